The summed E-state index contributed by atoms with van der Waals surface area (Å²) in [4.78, 5) is 0. The van der Waals surface area contributed by atoms with E-state index < -0.39 is 17.7 Å². The van der Waals surface area contributed by atoms with E-state index in [1.165, 1.54) is 0 Å². The van der Waals surface area contributed by atoms with Crippen molar-refractivity contribution in [1.29, 1.82) is 0 Å². The number of nitrogens with one attached hydrogen (secondary N) is 1. The smallest absolute Gasteiger partial charge is 0.101 e. The Balaban J connectivity index is 2.64. The second kappa shape index (κ2) is 2.47. The summed E-state index contributed by atoms with van der Waals surface area (Å²) in [5.41, 5.74) is -0.723. The van der Waals surface area contributed by atoms with Gasteiger partial charge in [-0.2, -0.15) is 0 Å². The van der Waals surface area contributed by atoms with E-state index >= 15 is 0 Å². The van der Waals surface area contributed by atoms with Crippen molar-refractivity contribution < 1.29 is 15.3 Å². The van der Waals surface area contributed by atoms with Gasteiger partial charge in [0.1, 0.15) is 6.10 Å². The molecule has 1 saturated heterocycles. The highest BCUT2D eigenvalue weighted by atomic mass is 16.3. The first-order valence-corrected chi connectivity index (χ1v) is 3.32. The summed E-state index contributed by atoms with van der Waals surface area (Å²) >= 11 is 0. The number of β-amino-alcohol motifs (C(OH)–C–C–N with tert-alkyl or cyclic N) is 1. The lowest BCUT2D eigenvalue weighted by Gasteiger charge is -2.25. The molecule has 0 radical (unpaired) electrons. The fourth-order valence-electron chi connectivity index (χ4n) is 1.13. The van der Waals surface area contributed by atoms with Gasteiger partial charge in [0.2, 0.25) is 0 Å². The topological polar surface area (TPSA) is 72.7 Å². The lowest BCUT2D eigenvalue weighted by molar-refractivity contribution is -0.00213. The van der Waals surface area contributed by atoms with Crippen LogP contribution in [0.1, 0.15) is 6.92 Å². The summed E-state index contributed by atoms with van der Waals surface area (Å²) in [5, 5.41) is 29.9. The highest BCUT2D eigenvalue weighted by molar-refractivity contribution is 5.00. The van der Waals surface area contributed by atoms with Crippen LogP contribution in [0.3, 0.4) is 0 Å². The van der Waals surface area contributed by atoms with Gasteiger partial charge in [0, 0.05) is 6.54 Å². The molecule has 1 fully saturated rings. The average molecular weight is 147 g/mol. The van der Waals surface area contributed by atoms with Crippen LogP contribution >= 0.6 is 0 Å². The van der Waals surface area contributed by atoms with Crippen LogP contribution in [-0.4, -0.2) is 46.2 Å². The molecule has 10 heavy (non-hydrogen) atoms. The SMILES string of the molecule is C[C@]1(CO)NC[C@@H](O)[C@@H]1O. The molecule has 0 saturated carbocycles. The molecule has 0 aromatic rings. The molecular weight excluding hydrogens is 134 g/mol. The minimum atomic E-state index is -0.863. The molecule has 4 heteroatoms. The number of hydrogen-bond acceptors (Lipinski definition) is 4. The molecule has 0 unspecified atom stereocenters. The van der Waals surface area contributed by atoms with Gasteiger partial charge in [-0.05, 0) is 6.92 Å². The highest BCUT2D eigenvalue weighted by Gasteiger charge is 2.42. The van der Waals surface area contributed by atoms with Crippen LogP contribution in [0.4, 0.5) is 0 Å². The summed E-state index contributed by atoms with van der Waals surface area (Å²) in [5.74, 6) is 0. The Morgan fingerprint density at radius 3 is 2.40 bits per heavy atom. The number of aliphatic hydroxyl groups is 3. The second-order valence-corrected chi connectivity index (χ2v) is 2.97. The third-order valence-electron chi connectivity index (χ3n) is 2.06. The van der Waals surface area contributed by atoms with Crippen LogP contribution < -0.4 is 5.32 Å². The van der Waals surface area contributed by atoms with Crippen molar-refractivity contribution in [3.05, 3.63) is 0 Å². The molecule has 0 aliphatic carbocycles. The largest absolute Gasteiger partial charge is 0.394 e. The number of hydrogen-bond donors (Lipinski definition) is 4. The van der Waals surface area contributed by atoms with Gasteiger partial charge in [-0.1, -0.05) is 0 Å². The zero-order valence-corrected chi connectivity index (χ0v) is 5.91. The van der Waals surface area contributed by atoms with Crippen LogP contribution in [0, 0.1) is 0 Å². The van der Waals surface area contributed by atoms with Crippen molar-refractivity contribution in [3.8, 4) is 0 Å². The van der Waals surface area contributed by atoms with Gasteiger partial charge in [0.05, 0.1) is 18.2 Å². The van der Waals surface area contributed by atoms with Gasteiger partial charge < -0.3 is 20.6 Å². The first-order valence-electron chi connectivity index (χ1n) is 3.32. The summed E-state index contributed by atoms with van der Waals surface area (Å²) in [6.07, 6.45) is -1.62. The molecule has 1 aliphatic rings. The van der Waals surface area contributed by atoms with Crippen molar-refractivity contribution in [2.24, 2.45) is 0 Å². The van der Waals surface area contributed by atoms with E-state index in [2.05, 4.69) is 5.32 Å². The highest BCUT2D eigenvalue weighted by Crippen LogP contribution is 2.18. The molecule has 60 valence electrons. The lowest BCUT2D eigenvalue weighted by Crippen LogP contribution is -2.49. The average Bonchev–Trinajstić information content (AvgIpc) is 2.19. The number of rotatable bonds is 1. The molecular formula is C6H13NO3. The van der Waals surface area contributed by atoms with Gasteiger partial charge in [-0.15, -0.1) is 0 Å². The van der Waals surface area contributed by atoms with E-state index in [9.17, 15) is 5.11 Å². The van der Waals surface area contributed by atoms with E-state index in [0.29, 0.717) is 6.54 Å². The first kappa shape index (κ1) is 7.94. The standard InChI is InChI=1S/C6H13NO3/c1-6(3-8)5(10)4(9)2-7-6/h4-5,7-10H,2-3H2,1H3/t4-,5+,6-/m1/s1. The molecule has 0 aromatic heterocycles. The van der Waals surface area contributed by atoms with Crippen LogP contribution in [0.5, 0.6) is 0 Å². The number of aliphatic hydroxyl groups excluding tert-OH is 3. The normalized spacial score (nSPS) is 48.0. The predicted molar refractivity (Wildman–Crippen MR) is 35.5 cm³/mol. The third kappa shape index (κ3) is 1.03. The third-order valence-corrected chi connectivity index (χ3v) is 2.06. The molecule has 0 bridgehead atoms. The molecule has 0 spiro atoms. The maximum absolute atomic E-state index is 9.24. The van der Waals surface area contributed by atoms with Gasteiger partial charge in [-0.25, -0.2) is 0 Å². The zero-order valence-electron chi connectivity index (χ0n) is 5.91. The fourth-order valence-corrected chi connectivity index (χ4v) is 1.13. The maximum atomic E-state index is 9.24. The monoisotopic (exact) mass is 147 g/mol. The van der Waals surface area contributed by atoms with Gasteiger partial charge in [0.15, 0.2) is 0 Å². The molecule has 4 N–H and O–H groups in total. The van der Waals surface area contributed by atoms with Crippen LogP contribution in [-0.2, 0) is 0 Å². The van der Waals surface area contributed by atoms with E-state index in [1.54, 1.807) is 6.92 Å². The second-order valence-electron chi connectivity index (χ2n) is 2.97. The molecule has 0 amide bonds. The van der Waals surface area contributed by atoms with Crippen molar-refractivity contribution in [3.63, 3.8) is 0 Å². The van der Waals surface area contributed by atoms with Gasteiger partial charge in [-0.3, -0.25) is 0 Å². The first-order chi connectivity index (χ1) is 4.60. The van der Waals surface area contributed by atoms with Crippen molar-refractivity contribution in [2.75, 3.05) is 13.2 Å². The Morgan fingerprint density at radius 2 is 2.20 bits per heavy atom. The Kier molecular flexibility index (Phi) is 1.96. The quantitative estimate of drug-likeness (QED) is 0.348. The van der Waals surface area contributed by atoms with Crippen molar-refractivity contribution in [1.82, 2.24) is 5.32 Å². The summed E-state index contributed by atoms with van der Waals surface area (Å²) in [7, 11) is 0. The van der Waals surface area contributed by atoms with Crippen LogP contribution in [0.25, 0.3) is 0 Å². The van der Waals surface area contributed by atoms with Gasteiger partial charge in [0.25, 0.3) is 0 Å². The summed E-state index contributed by atoms with van der Waals surface area (Å²) in [6.45, 7) is 1.86. The van der Waals surface area contributed by atoms with Crippen LogP contribution in [0.2, 0.25) is 0 Å². The molecule has 4 nitrogen and oxygen atoms in total. The molecule has 1 heterocycles. The fraction of sp³-hybridized carbons (Fsp3) is 1.00. The van der Waals surface area contributed by atoms with Crippen molar-refractivity contribution >= 4 is 0 Å². The minimum Gasteiger partial charge on any atom is -0.394 e. The van der Waals surface area contributed by atoms with E-state index in [4.69, 9.17) is 10.2 Å². The predicted octanol–water partition coefficient (Wildman–Crippen LogP) is -1.94. The maximum Gasteiger partial charge on any atom is 0.101 e. The Labute approximate surface area is 59.5 Å². The molecule has 1 aliphatic heterocycles. The van der Waals surface area contributed by atoms with Crippen molar-refractivity contribution in [2.45, 2.75) is 24.7 Å². The Morgan fingerprint density at radius 1 is 1.60 bits per heavy atom. The van der Waals surface area contributed by atoms with E-state index in [0.717, 1.165) is 0 Å². The summed E-state index contributed by atoms with van der Waals surface area (Å²) in [6, 6.07) is 0. The molecule has 3 atom stereocenters. The Hall–Kier alpha value is -0.160. The van der Waals surface area contributed by atoms with Crippen LogP contribution in [0.15, 0.2) is 0 Å². The lowest BCUT2D eigenvalue weighted by atomic mass is 9.97. The molecule has 0 aromatic carbocycles. The minimum absolute atomic E-state index is 0.161. The van der Waals surface area contributed by atoms with E-state index in [-0.39, 0.29) is 6.61 Å². The molecule has 1 rings (SSSR count). The van der Waals surface area contributed by atoms with Gasteiger partial charge >= 0.3 is 0 Å². The Bertz CT molecular complexity index is 130. The summed E-state index contributed by atoms with van der Waals surface area (Å²) < 4.78 is 0. The zero-order chi connectivity index (χ0) is 7.78. The van der Waals surface area contributed by atoms with E-state index in [1.807, 2.05) is 0 Å².